The van der Waals surface area contributed by atoms with Gasteiger partial charge >= 0.3 is 23.9 Å². The first kappa shape index (κ1) is 26.2. The molecule has 1 saturated heterocycles. The summed E-state index contributed by atoms with van der Waals surface area (Å²) in [5.74, 6) is -2.75. The van der Waals surface area contributed by atoms with Gasteiger partial charge in [-0.1, -0.05) is 0 Å². The van der Waals surface area contributed by atoms with E-state index < -0.39 is 54.5 Å². The first-order chi connectivity index (χ1) is 14.4. The fourth-order valence-electron chi connectivity index (χ4n) is 2.67. The van der Waals surface area contributed by atoms with Crippen LogP contribution in [-0.2, 0) is 42.9 Å². The summed E-state index contributed by atoms with van der Waals surface area (Å²) in [6, 6.07) is 0. The summed E-state index contributed by atoms with van der Waals surface area (Å²) in [6.45, 7) is 4.29. The smallest absolute Gasteiger partial charge is 0.303 e. The lowest BCUT2D eigenvalue weighted by Crippen LogP contribution is -2.66. The third kappa shape index (κ3) is 9.26. The van der Waals surface area contributed by atoms with E-state index in [2.05, 4.69) is 10.3 Å². The molecule has 0 aromatic rings. The summed E-state index contributed by atoms with van der Waals surface area (Å²) in [4.78, 5) is 52.1. The van der Waals surface area contributed by atoms with Gasteiger partial charge in [-0.25, -0.2) is 4.99 Å². The van der Waals surface area contributed by atoms with Crippen LogP contribution in [0.3, 0.4) is 0 Å². The first-order valence-electron chi connectivity index (χ1n) is 9.22. The molecule has 0 bridgehead atoms. The van der Waals surface area contributed by atoms with E-state index in [1.165, 1.54) is 13.3 Å². The summed E-state index contributed by atoms with van der Waals surface area (Å²) in [5, 5.41) is 2.74. The van der Waals surface area contributed by atoms with E-state index in [9.17, 15) is 19.2 Å². The number of esters is 4. The van der Waals surface area contributed by atoms with Crippen molar-refractivity contribution in [2.75, 3.05) is 20.7 Å². The Balaban J connectivity index is 3.32. The molecular weight excluding hydrogens is 434 g/mol. The van der Waals surface area contributed by atoms with E-state index in [1.807, 2.05) is 0 Å². The maximum Gasteiger partial charge on any atom is 0.303 e. The molecule has 1 rings (SSSR count). The maximum absolute atomic E-state index is 11.7. The number of hydrogen-bond donors (Lipinski definition) is 1. The fourth-order valence-corrected chi connectivity index (χ4v) is 2.83. The van der Waals surface area contributed by atoms with E-state index in [0.29, 0.717) is 0 Å². The van der Waals surface area contributed by atoms with E-state index in [-0.39, 0.29) is 11.7 Å². The van der Waals surface area contributed by atoms with Crippen molar-refractivity contribution in [3.8, 4) is 0 Å². The molecule has 0 spiro atoms. The van der Waals surface area contributed by atoms with Crippen molar-refractivity contribution < 1.29 is 42.9 Å². The molecule has 5 atom stereocenters. The average molecular weight is 461 g/mol. The zero-order valence-electron chi connectivity index (χ0n) is 18.1. The number of thiocarbonyl (C=S) groups is 1. The van der Waals surface area contributed by atoms with Gasteiger partial charge in [0.15, 0.2) is 29.7 Å². The summed E-state index contributed by atoms with van der Waals surface area (Å²) >= 11 is 5.16. The minimum Gasteiger partial charge on any atom is -0.463 e. The molecule has 0 unspecified atom stereocenters. The van der Waals surface area contributed by atoms with Gasteiger partial charge in [0.25, 0.3) is 0 Å². The zero-order valence-corrected chi connectivity index (χ0v) is 19.0. The normalized spacial score (nSPS) is 25.3. The Hall–Kier alpha value is -2.80. The Morgan fingerprint density at radius 1 is 0.935 bits per heavy atom. The number of hydrogen-bond acceptors (Lipinski definition) is 10. The standard InChI is InChI=1S/C18H27N3O9S/c1-9(22)26-7-13-14(27-10(2)23)15(28-11(3)24)16(29-12(4)25)17(30-13)20-18(31)19-8-21(5)6/h8,13-17H,7H2,1-6H3,(H,20,31)/b19-8+/t13-,14-,15+,16-,17-/m1/s1. The molecule has 0 amide bonds. The number of carbonyl (C=O) groups excluding carboxylic acids is 4. The minimum absolute atomic E-state index is 0.0189. The first-order valence-corrected chi connectivity index (χ1v) is 9.63. The van der Waals surface area contributed by atoms with Gasteiger partial charge in [-0.2, -0.15) is 0 Å². The molecule has 0 aliphatic carbocycles. The van der Waals surface area contributed by atoms with Gasteiger partial charge in [0.1, 0.15) is 12.7 Å². The minimum atomic E-state index is -1.28. The third-order valence-corrected chi connectivity index (χ3v) is 3.89. The highest BCUT2D eigenvalue weighted by atomic mass is 32.1. The molecule has 0 aromatic heterocycles. The second-order valence-electron chi connectivity index (χ2n) is 6.78. The van der Waals surface area contributed by atoms with Crippen molar-refractivity contribution in [3.63, 3.8) is 0 Å². The lowest BCUT2D eigenvalue weighted by Gasteiger charge is -2.44. The van der Waals surface area contributed by atoms with Crippen LogP contribution in [0.15, 0.2) is 4.99 Å². The van der Waals surface area contributed by atoms with Crippen LogP contribution in [0.4, 0.5) is 0 Å². The van der Waals surface area contributed by atoms with Crippen molar-refractivity contribution in [2.24, 2.45) is 4.99 Å². The highest BCUT2D eigenvalue weighted by Crippen LogP contribution is 2.28. The Morgan fingerprint density at radius 3 is 1.94 bits per heavy atom. The van der Waals surface area contributed by atoms with Crippen LogP contribution in [0.2, 0.25) is 0 Å². The molecule has 174 valence electrons. The van der Waals surface area contributed by atoms with Crippen LogP contribution in [0, 0.1) is 0 Å². The Bertz CT molecular complexity index is 728. The molecule has 0 radical (unpaired) electrons. The van der Waals surface area contributed by atoms with Crippen molar-refractivity contribution in [1.82, 2.24) is 10.2 Å². The summed E-state index contributed by atoms with van der Waals surface area (Å²) < 4.78 is 26.7. The van der Waals surface area contributed by atoms with Crippen LogP contribution in [-0.4, -0.2) is 91.6 Å². The van der Waals surface area contributed by atoms with Gasteiger partial charge < -0.3 is 33.9 Å². The quantitative estimate of drug-likeness (QED) is 0.172. The molecule has 13 heteroatoms. The van der Waals surface area contributed by atoms with Crippen molar-refractivity contribution in [3.05, 3.63) is 0 Å². The number of nitrogens with zero attached hydrogens (tertiary/aromatic N) is 2. The molecule has 0 aromatic carbocycles. The van der Waals surface area contributed by atoms with Crippen LogP contribution in [0.1, 0.15) is 27.7 Å². The van der Waals surface area contributed by atoms with Gasteiger partial charge in [0, 0.05) is 41.8 Å². The van der Waals surface area contributed by atoms with Gasteiger partial charge in [0.05, 0.1) is 6.34 Å². The molecule has 1 heterocycles. The highest BCUT2D eigenvalue weighted by Gasteiger charge is 2.52. The van der Waals surface area contributed by atoms with E-state index in [0.717, 1.165) is 20.8 Å². The molecule has 31 heavy (non-hydrogen) atoms. The molecule has 1 N–H and O–H groups in total. The SMILES string of the molecule is CC(=O)OC[C@H]1O[C@@H](NC(=S)/N=C/N(C)C)[C@H](OC(C)=O)[C@@H](OC(C)=O)[C@@H]1OC(C)=O. The Morgan fingerprint density at radius 2 is 1.45 bits per heavy atom. The summed E-state index contributed by atoms with van der Waals surface area (Å²) in [7, 11) is 3.47. The van der Waals surface area contributed by atoms with Gasteiger partial charge in [0.2, 0.25) is 0 Å². The molecule has 1 fully saturated rings. The predicted octanol–water partition coefficient (Wildman–Crippen LogP) is -0.466. The maximum atomic E-state index is 11.7. The lowest BCUT2D eigenvalue weighted by atomic mass is 9.97. The van der Waals surface area contributed by atoms with Crippen LogP contribution in [0.25, 0.3) is 0 Å². The molecule has 0 saturated carbocycles. The van der Waals surface area contributed by atoms with Crippen LogP contribution in [0.5, 0.6) is 0 Å². The Labute approximate surface area is 185 Å². The van der Waals surface area contributed by atoms with Gasteiger partial charge in [-0.05, 0) is 12.2 Å². The predicted molar refractivity (Wildman–Crippen MR) is 110 cm³/mol. The molecule has 12 nitrogen and oxygen atoms in total. The van der Waals surface area contributed by atoms with Gasteiger partial charge in [-0.15, -0.1) is 0 Å². The van der Waals surface area contributed by atoms with E-state index in [4.69, 9.17) is 35.9 Å². The van der Waals surface area contributed by atoms with E-state index >= 15 is 0 Å². The molecule has 1 aliphatic rings. The topological polar surface area (TPSA) is 142 Å². The number of rotatable bonds is 7. The second-order valence-corrected chi connectivity index (χ2v) is 7.16. The second kappa shape index (κ2) is 12.2. The number of nitrogens with one attached hydrogen (secondary N) is 1. The van der Waals surface area contributed by atoms with Crippen molar-refractivity contribution >= 4 is 47.5 Å². The largest absolute Gasteiger partial charge is 0.463 e. The monoisotopic (exact) mass is 461 g/mol. The van der Waals surface area contributed by atoms with Crippen molar-refractivity contribution in [1.29, 1.82) is 0 Å². The van der Waals surface area contributed by atoms with Gasteiger partial charge in [-0.3, -0.25) is 19.2 Å². The average Bonchev–Trinajstić information content (AvgIpc) is 2.62. The van der Waals surface area contributed by atoms with Crippen LogP contribution < -0.4 is 5.32 Å². The van der Waals surface area contributed by atoms with Crippen LogP contribution >= 0.6 is 12.2 Å². The molecular formula is C18H27N3O9S. The fraction of sp³-hybridized carbons (Fsp3) is 0.667. The Kier molecular flexibility index (Phi) is 10.3. The number of carbonyl (C=O) groups is 4. The third-order valence-electron chi connectivity index (χ3n) is 3.66. The number of ether oxygens (including phenoxy) is 5. The number of aliphatic imine (C=N–C) groups is 1. The lowest BCUT2D eigenvalue weighted by molar-refractivity contribution is -0.254. The molecule has 1 aliphatic heterocycles. The summed E-state index contributed by atoms with van der Waals surface area (Å²) in [6.07, 6.45) is -4.57. The zero-order chi connectivity index (χ0) is 23.7. The van der Waals surface area contributed by atoms with E-state index in [1.54, 1.807) is 19.0 Å². The summed E-state index contributed by atoms with van der Waals surface area (Å²) in [5.41, 5.74) is 0. The van der Waals surface area contributed by atoms with Crippen molar-refractivity contribution in [2.45, 2.75) is 58.3 Å². The highest BCUT2D eigenvalue weighted by molar-refractivity contribution is 7.80.